The normalized spacial score (nSPS) is 8.94. The maximum absolute atomic E-state index is 5.29. The molecule has 0 fully saturated rings. The molecule has 0 nitrogen and oxygen atoms in total. The van der Waals surface area contributed by atoms with Crippen LogP contribution in [0.25, 0.3) is 0 Å². The summed E-state index contributed by atoms with van der Waals surface area (Å²) >= 11 is 4.22. The Morgan fingerprint density at radius 1 is 0.706 bits per heavy atom. The topological polar surface area (TPSA) is 0 Å². The third kappa shape index (κ3) is 3.18. The van der Waals surface area contributed by atoms with Gasteiger partial charge in [-0.15, -0.1) is 19.1 Å². The van der Waals surface area contributed by atoms with Crippen molar-refractivity contribution < 1.29 is 0 Å². The van der Waals surface area contributed by atoms with E-state index < -0.39 is 0 Å². The fraction of sp³-hybridized carbons (Fsp3) is 0. The minimum atomic E-state index is 0.870. The van der Waals surface area contributed by atoms with Gasteiger partial charge in [-0.05, 0) is 48.5 Å². The third-order valence-electron chi connectivity index (χ3n) is 2.27. The van der Waals surface area contributed by atoms with Gasteiger partial charge in [-0.25, -0.2) is 0 Å². The molecule has 80 valence electrons. The summed E-state index contributed by atoms with van der Waals surface area (Å²) in [6.45, 7) is 0. The van der Waals surface area contributed by atoms with Crippen molar-refractivity contribution in [1.29, 1.82) is 0 Å². The Bertz CT molecular complexity index is 602. The standard InChI is InChI=1S/C16H10S/c1-2-13-3-5-14(6-4-13)7-8-15-9-11-16(17)12-10-15/h1,3-6,9-12,17H. The fourth-order valence-corrected chi connectivity index (χ4v) is 1.49. The highest BCUT2D eigenvalue weighted by Gasteiger charge is 1.89. The first-order valence-corrected chi connectivity index (χ1v) is 5.60. The number of rotatable bonds is 0. The molecule has 0 heterocycles. The maximum atomic E-state index is 5.29. The Labute approximate surface area is 107 Å². The van der Waals surface area contributed by atoms with Crippen LogP contribution in [0.2, 0.25) is 0 Å². The van der Waals surface area contributed by atoms with Crippen LogP contribution in [-0.2, 0) is 0 Å². The first-order chi connectivity index (χ1) is 8.28. The van der Waals surface area contributed by atoms with Gasteiger partial charge in [0.25, 0.3) is 0 Å². The molecule has 0 spiro atoms. The molecule has 2 rings (SSSR count). The van der Waals surface area contributed by atoms with E-state index in [1.54, 1.807) is 0 Å². The summed E-state index contributed by atoms with van der Waals surface area (Å²) in [5.74, 6) is 8.76. The minimum absolute atomic E-state index is 0.870. The molecule has 0 bridgehead atoms. The molecule has 0 saturated heterocycles. The lowest BCUT2D eigenvalue weighted by atomic mass is 10.1. The molecule has 0 radical (unpaired) electrons. The van der Waals surface area contributed by atoms with Gasteiger partial charge in [-0.1, -0.05) is 17.8 Å². The minimum Gasteiger partial charge on any atom is -0.143 e. The molecule has 1 heteroatoms. The van der Waals surface area contributed by atoms with Crippen molar-refractivity contribution in [3.8, 4) is 24.2 Å². The molecule has 2 aromatic carbocycles. The van der Waals surface area contributed by atoms with E-state index >= 15 is 0 Å². The molecular weight excluding hydrogens is 224 g/mol. The summed E-state index contributed by atoms with van der Waals surface area (Å²) in [6, 6.07) is 15.4. The van der Waals surface area contributed by atoms with Gasteiger partial charge >= 0.3 is 0 Å². The zero-order chi connectivity index (χ0) is 12.1. The number of hydrogen-bond donors (Lipinski definition) is 1. The van der Waals surface area contributed by atoms with Crippen molar-refractivity contribution in [1.82, 2.24) is 0 Å². The molecule has 0 atom stereocenters. The van der Waals surface area contributed by atoms with Gasteiger partial charge < -0.3 is 0 Å². The lowest BCUT2D eigenvalue weighted by molar-refractivity contribution is 1.46. The monoisotopic (exact) mass is 234 g/mol. The van der Waals surface area contributed by atoms with E-state index in [1.807, 2.05) is 48.5 Å². The molecule has 0 unspecified atom stereocenters. The molecule has 0 amide bonds. The highest BCUT2D eigenvalue weighted by Crippen LogP contribution is 2.07. The molecule has 0 aliphatic rings. The first-order valence-electron chi connectivity index (χ1n) is 5.16. The van der Waals surface area contributed by atoms with Crippen molar-refractivity contribution in [2.24, 2.45) is 0 Å². The molecule has 0 saturated carbocycles. The van der Waals surface area contributed by atoms with Gasteiger partial charge in [0.05, 0.1) is 0 Å². The zero-order valence-electron chi connectivity index (χ0n) is 9.14. The van der Waals surface area contributed by atoms with E-state index in [-0.39, 0.29) is 0 Å². The summed E-state index contributed by atoms with van der Waals surface area (Å²) in [6.07, 6.45) is 5.29. The van der Waals surface area contributed by atoms with Crippen LogP contribution in [0, 0.1) is 24.2 Å². The zero-order valence-corrected chi connectivity index (χ0v) is 10.0. The van der Waals surface area contributed by atoms with Gasteiger partial charge in [0.2, 0.25) is 0 Å². The summed E-state index contributed by atoms with van der Waals surface area (Å²) in [7, 11) is 0. The van der Waals surface area contributed by atoms with Crippen LogP contribution in [0.15, 0.2) is 53.4 Å². The summed E-state index contributed by atoms with van der Waals surface area (Å²) in [5.41, 5.74) is 2.80. The average molecular weight is 234 g/mol. The number of terminal acetylenes is 1. The van der Waals surface area contributed by atoms with Crippen molar-refractivity contribution in [3.05, 3.63) is 65.2 Å². The van der Waals surface area contributed by atoms with E-state index in [2.05, 4.69) is 30.4 Å². The lowest BCUT2D eigenvalue weighted by Gasteiger charge is -1.92. The second-order valence-corrected chi connectivity index (χ2v) is 4.03. The van der Waals surface area contributed by atoms with Gasteiger partial charge in [-0.3, -0.25) is 0 Å². The number of hydrogen-bond acceptors (Lipinski definition) is 1. The Balaban J connectivity index is 2.21. The maximum Gasteiger partial charge on any atom is 0.0249 e. The Morgan fingerprint density at radius 3 is 1.59 bits per heavy atom. The highest BCUT2D eigenvalue weighted by molar-refractivity contribution is 7.80. The lowest BCUT2D eigenvalue weighted by Crippen LogP contribution is -1.77. The quantitative estimate of drug-likeness (QED) is 0.524. The summed E-state index contributed by atoms with van der Waals surface area (Å²) < 4.78 is 0. The second kappa shape index (κ2) is 5.30. The van der Waals surface area contributed by atoms with Gasteiger partial charge in [0, 0.05) is 21.6 Å². The van der Waals surface area contributed by atoms with Crippen LogP contribution in [-0.4, -0.2) is 0 Å². The van der Waals surface area contributed by atoms with Crippen molar-refractivity contribution >= 4 is 12.6 Å². The van der Waals surface area contributed by atoms with Crippen molar-refractivity contribution in [2.75, 3.05) is 0 Å². The molecule has 0 N–H and O–H groups in total. The van der Waals surface area contributed by atoms with Crippen LogP contribution in [0.5, 0.6) is 0 Å². The van der Waals surface area contributed by atoms with E-state index in [1.165, 1.54) is 0 Å². The smallest absolute Gasteiger partial charge is 0.0249 e. The average Bonchev–Trinajstić information content (AvgIpc) is 2.39. The van der Waals surface area contributed by atoms with Crippen molar-refractivity contribution in [2.45, 2.75) is 4.90 Å². The van der Waals surface area contributed by atoms with Crippen LogP contribution in [0.3, 0.4) is 0 Å². The molecule has 17 heavy (non-hydrogen) atoms. The second-order valence-electron chi connectivity index (χ2n) is 3.52. The largest absolute Gasteiger partial charge is 0.143 e. The summed E-state index contributed by atoms with van der Waals surface area (Å²) in [4.78, 5) is 0.939. The SMILES string of the molecule is C#Cc1ccc(C#Cc2ccc(S)cc2)cc1. The Morgan fingerprint density at radius 2 is 1.12 bits per heavy atom. The number of thiol groups is 1. The predicted octanol–water partition coefficient (Wildman–Crippen LogP) is 3.36. The molecule has 2 aromatic rings. The van der Waals surface area contributed by atoms with E-state index in [0.29, 0.717) is 0 Å². The third-order valence-corrected chi connectivity index (χ3v) is 2.57. The Hall–Kier alpha value is -2.09. The number of benzene rings is 2. The molecular formula is C16H10S. The summed E-state index contributed by atoms with van der Waals surface area (Å²) in [5, 5.41) is 0. The predicted molar refractivity (Wildman–Crippen MR) is 74.1 cm³/mol. The van der Waals surface area contributed by atoms with Gasteiger partial charge in [-0.2, -0.15) is 0 Å². The van der Waals surface area contributed by atoms with E-state index in [0.717, 1.165) is 21.6 Å². The van der Waals surface area contributed by atoms with Crippen molar-refractivity contribution in [3.63, 3.8) is 0 Å². The Kier molecular flexibility index (Phi) is 3.55. The molecule has 0 aromatic heterocycles. The van der Waals surface area contributed by atoms with Crippen LogP contribution in [0.4, 0.5) is 0 Å². The first kappa shape index (κ1) is 11.4. The highest BCUT2D eigenvalue weighted by atomic mass is 32.1. The van der Waals surface area contributed by atoms with E-state index in [4.69, 9.17) is 6.42 Å². The molecule has 0 aliphatic heterocycles. The van der Waals surface area contributed by atoms with Gasteiger partial charge in [0.1, 0.15) is 0 Å². The van der Waals surface area contributed by atoms with E-state index in [9.17, 15) is 0 Å². The fourth-order valence-electron chi connectivity index (χ4n) is 1.34. The van der Waals surface area contributed by atoms with Gasteiger partial charge in [0.15, 0.2) is 0 Å². The van der Waals surface area contributed by atoms with Crippen LogP contribution >= 0.6 is 12.6 Å². The molecule has 0 aliphatic carbocycles. The van der Waals surface area contributed by atoms with Crippen LogP contribution < -0.4 is 0 Å². The van der Waals surface area contributed by atoms with Crippen LogP contribution in [0.1, 0.15) is 16.7 Å².